The molecule has 0 unspecified atom stereocenters. The second-order valence-corrected chi connectivity index (χ2v) is 7.17. The molecule has 0 radical (unpaired) electrons. The normalized spacial score (nSPS) is 20.2. The molecule has 1 aliphatic rings. The zero-order valence-corrected chi connectivity index (χ0v) is 14.3. The minimum atomic E-state index is -0.0900. The van der Waals surface area contributed by atoms with Crippen LogP contribution in [0.25, 0.3) is 6.08 Å². The van der Waals surface area contributed by atoms with Gasteiger partial charge in [0.25, 0.3) is 0 Å². The Morgan fingerprint density at radius 1 is 1.10 bits per heavy atom. The second kappa shape index (κ2) is 6.37. The van der Waals surface area contributed by atoms with Crippen LogP contribution in [0.5, 0.6) is 0 Å². The van der Waals surface area contributed by atoms with E-state index in [1.165, 1.54) is 11.0 Å². The lowest BCUT2D eigenvalue weighted by molar-refractivity contribution is 0.108. The standard InChI is InChI=1S/C18H28BNO/c1-14(2)20(15(3)4)19-17(13-18(5,6)21-19)12-16-10-8-7-9-11-16/h7-12,14-15H,13H2,1-6H3. The third kappa shape index (κ3) is 3.99. The highest BCUT2D eigenvalue weighted by molar-refractivity contribution is 6.59. The Balaban J connectivity index is 2.35. The van der Waals surface area contributed by atoms with Gasteiger partial charge in [0.15, 0.2) is 0 Å². The smallest absolute Gasteiger partial charge is 0.412 e. The van der Waals surface area contributed by atoms with E-state index in [-0.39, 0.29) is 12.7 Å². The fourth-order valence-corrected chi connectivity index (χ4v) is 3.27. The SMILES string of the molecule is CC(C)N(B1OC(C)(C)CC1=Cc1ccccc1)C(C)C. The van der Waals surface area contributed by atoms with E-state index in [2.05, 4.69) is 82.8 Å². The molecular formula is C18H28BNO. The monoisotopic (exact) mass is 285 g/mol. The number of hydrogen-bond donors (Lipinski definition) is 0. The largest absolute Gasteiger partial charge is 0.415 e. The molecule has 1 aliphatic heterocycles. The van der Waals surface area contributed by atoms with Gasteiger partial charge in [0.05, 0.1) is 5.60 Å². The lowest BCUT2D eigenvalue weighted by Gasteiger charge is -2.34. The molecule has 0 aromatic heterocycles. The van der Waals surface area contributed by atoms with Crippen molar-refractivity contribution in [2.24, 2.45) is 0 Å². The van der Waals surface area contributed by atoms with E-state index in [1.807, 2.05) is 0 Å². The van der Waals surface area contributed by atoms with Crippen LogP contribution >= 0.6 is 0 Å². The Hall–Kier alpha value is -1.06. The van der Waals surface area contributed by atoms with Gasteiger partial charge in [0.2, 0.25) is 0 Å². The second-order valence-electron chi connectivity index (χ2n) is 7.17. The molecule has 2 rings (SSSR count). The molecule has 0 saturated carbocycles. The summed E-state index contributed by atoms with van der Waals surface area (Å²) in [5.41, 5.74) is 2.55. The van der Waals surface area contributed by atoms with Crippen LogP contribution in [-0.2, 0) is 4.65 Å². The molecule has 1 fully saturated rings. The maximum absolute atomic E-state index is 6.38. The van der Waals surface area contributed by atoms with Crippen molar-refractivity contribution in [2.75, 3.05) is 0 Å². The molecule has 1 aromatic rings. The van der Waals surface area contributed by atoms with Crippen molar-refractivity contribution in [2.45, 2.75) is 65.6 Å². The zero-order valence-electron chi connectivity index (χ0n) is 14.3. The molecule has 21 heavy (non-hydrogen) atoms. The Kier molecular flexibility index (Phi) is 4.95. The Morgan fingerprint density at radius 3 is 2.19 bits per heavy atom. The molecule has 1 heterocycles. The van der Waals surface area contributed by atoms with E-state index in [0.29, 0.717) is 12.1 Å². The van der Waals surface area contributed by atoms with Crippen molar-refractivity contribution in [3.63, 3.8) is 0 Å². The first-order chi connectivity index (χ1) is 9.80. The lowest BCUT2D eigenvalue weighted by atomic mass is 9.68. The van der Waals surface area contributed by atoms with Gasteiger partial charge in [-0.1, -0.05) is 69.6 Å². The average Bonchev–Trinajstić information content (AvgIpc) is 2.64. The third-order valence-electron chi connectivity index (χ3n) is 3.99. The minimum Gasteiger partial charge on any atom is -0.412 e. The van der Waals surface area contributed by atoms with Gasteiger partial charge in [-0.05, 0) is 37.9 Å². The van der Waals surface area contributed by atoms with E-state index in [0.717, 1.165) is 6.42 Å². The maximum atomic E-state index is 6.38. The van der Waals surface area contributed by atoms with Crippen LogP contribution in [0.3, 0.4) is 0 Å². The first-order valence-corrected chi connectivity index (χ1v) is 8.01. The summed E-state index contributed by atoms with van der Waals surface area (Å²) in [6, 6.07) is 11.5. The summed E-state index contributed by atoms with van der Waals surface area (Å²) in [7, 11) is 0.0835. The van der Waals surface area contributed by atoms with E-state index in [9.17, 15) is 0 Å². The molecule has 0 amide bonds. The van der Waals surface area contributed by atoms with Crippen molar-refractivity contribution < 1.29 is 4.65 Å². The summed E-state index contributed by atoms with van der Waals surface area (Å²) in [4.78, 5) is 2.46. The molecule has 0 bridgehead atoms. The Bertz CT molecular complexity index is 485. The molecule has 0 aliphatic carbocycles. The van der Waals surface area contributed by atoms with Gasteiger partial charge in [-0.25, -0.2) is 0 Å². The minimum absolute atomic E-state index is 0.0835. The number of hydrogen-bond acceptors (Lipinski definition) is 2. The summed E-state index contributed by atoms with van der Waals surface area (Å²) < 4.78 is 6.38. The lowest BCUT2D eigenvalue weighted by Crippen LogP contribution is -2.50. The van der Waals surface area contributed by atoms with Crippen LogP contribution in [0.2, 0.25) is 0 Å². The highest BCUT2D eigenvalue weighted by Crippen LogP contribution is 2.35. The van der Waals surface area contributed by atoms with Crippen molar-refractivity contribution in [3.8, 4) is 0 Å². The van der Waals surface area contributed by atoms with Gasteiger partial charge >= 0.3 is 7.05 Å². The van der Waals surface area contributed by atoms with Crippen LogP contribution in [0.15, 0.2) is 35.8 Å². The topological polar surface area (TPSA) is 12.5 Å². The van der Waals surface area contributed by atoms with Crippen LogP contribution in [0.1, 0.15) is 53.5 Å². The average molecular weight is 285 g/mol. The van der Waals surface area contributed by atoms with Gasteiger partial charge in [0, 0.05) is 0 Å². The van der Waals surface area contributed by atoms with E-state index >= 15 is 0 Å². The van der Waals surface area contributed by atoms with Gasteiger partial charge < -0.3 is 9.47 Å². The van der Waals surface area contributed by atoms with E-state index < -0.39 is 0 Å². The molecule has 2 nitrogen and oxygen atoms in total. The van der Waals surface area contributed by atoms with Crippen LogP contribution in [-0.4, -0.2) is 29.5 Å². The molecule has 3 heteroatoms. The first kappa shape index (κ1) is 16.3. The highest BCUT2D eigenvalue weighted by atomic mass is 16.5. The molecular weight excluding hydrogens is 257 g/mol. The predicted molar refractivity (Wildman–Crippen MR) is 92.1 cm³/mol. The number of rotatable bonds is 4. The van der Waals surface area contributed by atoms with Crippen molar-refractivity contribution in [1.82, 2.24) is 4.81 Å². The molecule has 0 N–H and O–H groups in total. The molecule has 1 saturated heterocycles. The van der Waals surface area contributed by atoms with Crippen LogP contribution in [0, 0.1) is 0 Å². The van der Waals surface area contributed by atoms with Crippen molar-refractivity contribution >= 4 is 13.1 Å². The summed E-state index contributed by atoms with van der Waals surface area (Å²) >= 11 is 0. The summed E-state index contributed by atoms with van der Waals surface area (Å²) in [6.45, 7) is 13.3. The van der Waals surface area contributed by atoms with Gasteiger partial charge in [0.1, 0.15) is 0 Å². The molecule has 114 valence electrons. The Morgan fingerprint density at radius 2 is 1.67 bits per heavy atom. The van der Waals surface area contributed by atoms with Crippen LogP contribution < -0.4 is 0 Å². The molecule has 0 spiro atoms. The Labute approximate surface area is 130 Å². The summed E-state index contributed by atoms with van der Waals surface area (Å²) in [6.07, 6.45) is 3.29. The van der Waals surface area contributed by atoms with Gasteiger partial charge in [-0.3, -0.25) is 0 Å². The quantitative estimate of drug-likeness (QED) is 0.759. The number of benzene rings is 1. The third-order valence-corrected chi connectivity index (χ3v) is 3.99. The van der Waals surface area contributed by atoms with E-state index in [4.69, 9.17) is 4.65 Å². The van der Waals surface area contributed by atoms with Gasteiger partial charge in [-0.2, -0.15) is 0 Å². The fourth-order valence-electron chi connectivity index (χ4n) is 3.27. The van der Waals surface area contributed by atoms with Crippen molar-refractivity contribution in [1.29, 1.82) is 0 Å². The summed E-state index contributed by atoms with van der Waals surface area (Å²) in [5.74, 6) is 0. The summed E-state index contributed by atoms with van der Waals surface area (Å²) in [5, 5.41) is 0. The molecule has 1 aromatic carbocycles. The predicted octanol–water partition coefficient (Wildman–Crippen LogP) is 4.42. The maximum Gasteiger partial charge on any atom is 0.415 e. The van der Waals surface area contributed by atoms with Crippen molar-refractivity contribution in [3.05, 3.63) is 41.4 Å². The zero-order chi connectivity index (χ0) is 15.6. The van der Waals surface area contributed by atoms with Gasteiger partial charge in [-0.15, -0.1) is 0 Å². The van der Waals surface area contributed by atoms with Crippen LogP contribution in [0.4, 0.5) is 0 Å². The first-order valence-electron chi connectivity index (χ1n) is 8.01. The van der Waals surface area contributed by atoms with E-state index in [1.54, 1.807) is 0 Å². The fraction of sp³-hybridized carbons (Fsp3) is 0.556. The number of nitrogens with zero attached hydrogens (tertiary/aromatic N) is 1. The molecule has 0 atom stereocenters. The highest BCUT2D eigenvalue weighted by Gasteiger charge is 2.44.